The van der Waals surface area contributed by atoms with Crippen LogP contribution in [0.4, 0.5) is 0 Å². The summed E-state index contributed by atoms with van der Waals surface area (Å²) < 4.78 is 0. The topological polar surface area (TPSA) is 0 Å². The Morgan fingerprint density at radius 2 is 2.00 bits per heavy atom. The van der Waals surface area contributed by atoms with Crippen molar-refractivity contribution in [2.45, 2.75) is 12.6 Å². The van der Waals surface area contributed by atoms with Gasteiger partial charge < -0.3 is 0 Å². The molecular weight excluding hydrogens is 180 g/mol. The Morgan fingerprint density at radius 3 is 2.55 bits per heavy atom. The first-order chi connectivity index (χ1) is 5.29. The third-order valence-corrected chi connectivity index (χ3v) is 13.4. The van der Waals surface area contributed by atoms with Gasteiger partial charge in [-0.1, -0.05) is 42.4 Å². The number of hydrogen-bond acceptors (Lipinski definition) is 0. The normalized spacial score (nSPS) is 14.3. The fraction of sp³-hybridized carbons (Fsp3) is 0.250. The minimum atomic E-state index is -0.0625. The van der Waals surface area contributed by atoms with E-state index in [2.05, 4.69) is 36.9 Å². The third kappa shape index (κ3) is 3.69. The predicted molar refractivity (Wildman–Crippen MR) is 61.6 cm³/mol. The van der Waals surface area contributed by atoms with E-state index in [0.717, 1.165) is 0 Å². The van der Waals surface area contributed by atoms with Gasteiger partial charge in [-0.05, 0) is 15.8 Å². The van der Waals surface area contributed by atoms with Crippen LogP contribution in [0.15, 0.2) is 30.3 Å². The average Bonchev–Trinajstić information content (AvgIpc) is 2.03. The second-order valence-corrected chi connectivity index (χ2v) is 24.7. The fourth-order valence-corrected chi connectivity index (χ4v) is 7.67. The van der Waals surface area contributed by atoms with Crippen LogP contribution in [0.3, 0.4) is 0 Å². The lowest BCUT2D eigenvalue weighted by molar-refractivity contribution is 1.40. The highest BCUT2D eigenvalue weighted by atomic mass is 29.5. The van der Waals surface area contributed by atoms with Gasteiger partial charge in [-0.25, -0.2) is 0 Å². The Bertz CT molecular complexity index is 196. The zero-order valence-electron chi connectivity index (χ0n) is 7.38. The largest absolute Gasteiger partial charge is 0.0768 e. The minimum Gasteiger partial charge on any atom is -0.0768 e. The van der Waals surface area contributed by atoms with E-state index in [0.29, 0.717) is 9.04 Å². The van der Waals surface area contributed by atoms with Crippen molar-refractivity contribution in [2.24, 2.45) is 0 Å². The van der Waals surface area contributed by atoms with Gasteiger partial charge >= 0.3 is 0 Å². The Labute approximate surface area is 75.5 Å². The van der Waals surface area contributed by atoms with Gasteiger partial charge in [-0.15, -0.1) is 0 Å². The van der Waals surface area contributed by atoms with Gasteiger partial charge in [-0.2, -0.15) is 0 Å². The second kappa shape index (κ2) is 4.69. The van der Waals surface area contributed by atoms with Gasteiger partial charge in [0.1, 0.15) is 0 Å². The molecule has 0 radical (unpaired) electrons. The lowest BCUT2D eigenvalue weighted by Gasteiger charge is -2.01. The zero-order valence-corrected chi connectivity index (χ0v) is 11.9. The van der Waals surface area contributed by atoms with Crippen LogP contribution in [-0.2, 0) is 6.04 Å². The summed E-state index contributed by atoms with van der Waals surface area (Å²) in [5.41, 5.74) is 1.58. The summed E-state index contributed by atoms with van der Waals surface area (Å²) in [6.07, 6.45) is 0. The highest BCUT2D eigenvalue weighted by Crippen LogP contribution is 1.98. The van der Waals surface area contributed by atoms with Crippen LogP contribution < -0.4 is 0 Å². The van der Waals surface area contributed by atoms with Gasteiger partial charge in [0.05, 0.1) is 0 Å². The SMILES string of the molecule is C[SiH]([SiH3])[SiH2]Cc1ccccc1. The molecule has 60 valence electrons. The average molecular weight is 196 g/mol. The van der Waals surface area contributed by atoms with Gasteiger partial charge in [0, 0.05) is 16.9 Å². The van der Waals surface area contributed by atoms with Crippen molar-refractivity contribution in [1.29, 1.82) is 0 Å². The molecule has 1 aromatic carbocycles. The molecular formula is C8H16Si3. The molecule has 0 aliphatic heterocycles. The van der Waals surface area contributed by atoms with Crippen molar-refractivity contribution in [1.82, 2.24) is 0 Å². The van der Waals surface area contributed by atoms with Gasteiger partial charge in [0.15, 0.2) is 0 Å². The zero-order chi connectivity index (χ0) is 8.10. The quantitative estimate of drug-likeness (QED) is 0.576. The molecule has 0 aliphatic carbocycles. The van der Waals surface area contributed by atoms with Gasteiger partial charge in [-0.3, -0.25) is 0 Å². The highest BCUT2D eigenvalue weighted by molar-refractivity contribution is 7.34. The molecule has 0 saturated carbocycles. The molecule has 0 aromatic heterocycles. The van der Waals surface area contributed by atoms with E-state index >= 15 is 0 Å². The van der Waals surface area contributed by atoms with Crippen LogP contribution in [0.25, 0.3) is 0 Å². The first-order valence-electron chi connectivity index (χ1n) is 4.33. The summed E-state index contributed by atoms with van der Waals surface area (Å²) >= 11 is 0. The lowest BCUT2D eigenvalue weighted by atomic mass is 10.2. The Hall–Kier alpha value is -0.129. The molecule has 1 rings (SSSR count). The summed E-state index contributed by atoms with van der Waals surface area (Å²) in [5, 5.41) is 0. The molecule has 11 heavy (non-hydrogen) atoms. The van der Waals surface area contributed by atoms with Crippen LogP contribution >= 0.6 is 0 Å². The van der Waals surface area contributed by atoms with E-state index in [-0.39, 0.29) is 7.83 Å². The first-order valence-corrected chi connectivity index (χ1v) is 14.4. The molecule has 1 unspecified atom stereocenters. The molecule has 0 aliphatic rings. The maximum Gasteiger partial charge on any atom is 0.0135 e. The lowest BCUT2D eigenvalue weighted by Crippen LogP contribution is -2.20. The van der Waals surface area contributed by atoms with E-state index < -0.39 is 0 Å². The molecule has 1 atom stereocenters. The Balaban J connectivity index is 2.39. The number of rotatable bonds is 3. The van der Waals surface area contributed by atoms with E-state index in [9.17, 15) is 0 Å². The molecule has 0 nitrogen and oxygen atoms in total. The molecule has 0 amide bonds. The summed E-state index contributed by atoms with van der Waals surface area (Å²) in [7, 11) is 1.82. The van der Waals surface area contributed by atoms with Crippen LogP contribution in [0.2, 0.25) is 6.55 Å². The summed E-state index contributed by atoms with van der Waals surface area (Å²) in [6.45, 7) is 2.53. The smallest absolute Gasteiger partial charge is 0.0135 e. The van der Waals surface area contributed by atoms with Crippen LogP contribution in [0.1, 0.15) is 5.56 Å². The molecule has 3 heteroatoms. The summed E-state index contributed by atoms with van der Waals surface area (Å²) in [5.74, 6) is 0. The predicted octanol–water partition coefficient (Wildman–Crippen LogP) is -0.429. The van der Waals surface area contributed by atoms with Crippen LogP contribution in [0, 0.1) is 0 Å². The number of benzene rings is 1. The minimum absolute atomic E-state index is 0.0625. The molecule has 0 fully saturated rings. The van der Waals surface area contributed by atoms with Crippen molar-refractivity contribution in [3.8, 4) is 0 Å². The molecule has 0 bridgehead atoms. The van der Waals surface area contributed by atoms with E-state index in [1.807, 2.05) is 0 Å². The summed E-state index contributed by atoms with van der Waals surface area (Å²) in [6, 6.07) is 12.4. The maximum absolute atomic E-state index is 2.53. The van der Waals surface area contributed by atoms with Crippen molar-refractivity contribution < 1.29 is 0 Å². The molecule has 0 spiro atoms. The Morgan fingerprint density at radius 1 is 1.36 bits per heavy atom. The van der Waals surface area contributed by atoms with E-state index in [1.54, 1.807) is 5.56 Å². The van der Waals surface area contributed by atoms with Crippen LogP contribution in [-0.4, -0.2) is 26.6 Å². The van der Waals surface area contributed by atoms with E-state index in [4.69, 9.17) is 0 Å². The van der Waals surface area contributed by atoms with Gasteiger partial charge in [0.25, 0.3) is 0 Å². The molecule has 0 N–H and O–H groups in total. The second-order valence-electron chi connectivity index (χ2n) is 3.42. The summed E-state index contributed by atoms with van der Waals surface area (Å²) in [4.78, 5) is 0. The van der Waals surface area contributed by atoms with Crippen molar-refractivity contribution >= 4 is 26.6 Å². The van der Waals surface area contributed by atoms with E-state index in [1.165, 1.54) is 15.8 Å². The van der Waals surface area contributed by atoms with Crippen molar-refractivity contribution in [3.63, 3.8) is 0 Å². The first kappa shape index (κ1) is 8.96. The number of hydrogen-bond donors (Lipinski definition) is 0. The molecule has 1 aromatic rings. The fourth-order valence-electron chi connectivity index (χ4n) is 1.10. The third-order valence-electron chi connectivity index (χ3n) is 1.85. The molecule has 0 saturated heterocycles. The Kier molecular flexibility index (Phi) is 3.82. The van der Waals surface area contributed by atoms with Crippen molar-refractivity contribution in [3.05, 3.63) is 35.9 Å². The maximum atomic E-state index is 2.53. The standard InChI is InChI=1S/C8H16Si3/c1-11(9)10-7-8-5-3-2-4-6-8/h2-6,11H,7,10H2,1,9H3. The monoisotopic (exact) mass is 196 g/mol. The van der Waals surface area contributed by atoms with Crippen LogP contribution in [0.5, 0.6) is 0 Å². The molecule has 0 heterocycles. The van der Waals surface area contributed by atoms with Crippen molar-refractivity contribution in [2.75, 3.05) is 0 Å². The van der Waals surface area contributed by atoms with Gasteiger partial charge in [0.2, 0.25) is 0 Å². The highest BCUT2D eigenvalue weighted by Gasteiger charge is 1.96.